The normalized spacial score (nSPS) is 13.4. The van der Waals surface area contributed by atoms with Crippen LogP contribution in [-0.2, 0) is 11.4 Å². The molecule has 1 aliphatic rings. The summed E-state index contributed by atoms with van der Waals surface area (Å²) in [6.07, 6.45) is 1.48. The van der Waals surface area contributed by atoms with Crippen molar-refractivity contribution >= 4 is 57.5 Å². The number of rotatable bonds is 11. The zero-order chi connectivity index (χ0) is 26.9. The summed E-state index contributed by atoms with van der Waals surface area (Å²) in [4.78, 5) is 23.4. The average Bonchev–Trinajstić information content (AvgIpc) is 3.46. The van der Waals surface area contributed by atoms with E-state index in [0.29, 0.717) is 37.4 Å². The van der Waals surface area contributed by atoms with E-state index < -0.39 is 5.97 Å². The number of hydrogen-bond donors (Lipinski definition) is 2. The van der Waals surface area contributed by atoms with Gasteiger partial charge in [0.05, 0.1) is 27.9 Å². The summed E-state index contributed by atoms with van der Waals surface area (Å²) in [5.74, 6) is 2.48. The lowest BCUT2D eigenvalue weighted by Crippen LogP contribution is -2.24. The van der Waals surface area contributed by atoms with E-state index in [9.17, 15) is 9.59 Å². The number of carboxylic acids is 1. The largest absolute Gasteiger partial charge is 0.493 e. The lowest BCUT2D eigenvalue weighted by atomic mass is 10.1. The van der Waals surface area contributed by atoms with Gasteiger partial charge in [-0.25, -0.2) is 10.2 Å². The van der Waals surface area contributed by atoms with Gasteiger partial charge in [0.2, 0.25) is 0 Å². The number of carboxylic acid groups (broad SMARTS) is 1. The number of nitrogens with zero attached hydrogens (tertiary/aromatic N) is 1. The Morgan fingerprint density at radius 2 is 1.87 bits per heavy atom. The molecule has 8 nitrogen and oxygen atoms in total. The third-order valence-electron chi connectivity index (χ3n) is 5.36. The van der Waals surface area contributed by atoms with Gasteiger partial charge >= 0.3 is 5.97 Å². The highest BCUT2D eigenvalue weighted by Crippen LogP contribution is 2.45. The minimum atomic E-state index is -1.00. The summed E-state index contributed by atoms with van der Waals surface area (Å²) in [7, 11) is 1.51. The molecule has 4 rings (SSSR count). The van der Waals surface area contributed by atoms with Crippen molar-refractivity contribution in [2.75, 3.05) is 25.2 Å². The van der Waals surface area contributed by atoms with Gasteiger partial charge in [-0.3, -0.25) is 4.79 Å². The number of aromatic carboxylic acids is 1. The minimum Gasteiger partial charge on any atom is -0.493 e. The van der Waals surface area contributed by atoms with Crippen LogP contribution in [0.2, 0.25) is 0 Å². The molecule has 2 N–H and O–H groups in total. The predicted molar refractivity (Wildman–Crippen MR) is 154 cm³/mol. The van der Waals surface area contributed by atoms with Gasteiger partial charge < -0.3 is 19.3 Å². The lowest BCUT2D eigenvalue weighted by Gasteiger charge is -2.14. The zero-order valence-electron chi connectivity index (χ0n) is 20.4. The number of ether oxygens (including phenoxy) is 3. The maximum absolute atomic E-state index is 12.2. The third-order valence-corrected chi connectivity index (χ3v) is 9.05. The highest BCUT2D eigenvalue weighted by molar-refractivity contribution is 9.10. The number of carbonyl (C=O) groups is 2. The molecule has 0 unspecified atom stereocenters. The molecule has 0 spiro atoms. The first kappa shape index (κ1) is 27.9. The molecule has 198 valence electrons. The maximum atomic E-state index is 12.2. The van der Waals surface area contributed by atoms with Crippen LogP contribution in [0.25, 0.3) is 0 Å². The smallest absolute Gasteiger partial charge is 0.335 e. The van der Waals surface area contributed by atoms with Gasteiger partial charge in [-0.2, -0.15) is 5.10 Å². The number of thioether (sulfide) groups is 2. The number of amides is 1. The molecular formula is C27H25BrN2O6S2. The van der Waals surface area contributed by atoms with Crippen LogP contribution < -0.4 is 19.6 Å². The Hall–Kier alpha value is -3.15. The zero-order valence-corrected chi connectivity index (χ0v) is 23.6. The number of methoxy groups -OCH3 is 1. The molecule has 0 bridgehead atoms. The Kier molecular flexibility index (Phi) is 9.97. The van der Waals surface area contributed by atoms with Crippen molar-refractivity contribution < 1.29 is 28.9 Å². The Bertz CT molecular complexity index is 1310. The SMILES string of the molecule is COc1cc(/C=N\NC(=O)COc2ccc(C3SCCS3)cc2)cc(Br)c1OCc1cccc(C(=O)O)c1. The molecule has 1 amide bonds. The molecule has 0 radical (unpaired) electrons. The van der Waals surface area contributed by atoms with Crippen molar-refractivity contribution in [2.45, 2.75) is 11.2 Å². The highest BCUT2D eigenvalue weighted by Gasteiger charge is 2.18. The van der Waals surface area contributed by atoms with Gasteiger partial charge in [-0.05, 0) is 69.0 Å². The molecule has 11 heteroatoms. The quantitative estimate of drug-likeness (QED) is 0.207. The fraction of sp³-hybridized carbons (Fsp3) is 0.222. The second-order valence-electron chi connectivity index (χ2n) is 8.05. The molecular weight excluding hydrogens is 592 g/mol. The number of hydrazone groups is 1. The molecule has 0 aliphatic carbocycles. The highest BCUT2D eigenvalue weighted by atomic mass is 79.9. The van der Waals surface area contributed by atoms with E-state index >= 15 is 0 Å². The number of benzene rings is 3. The Morgan fingerprint density at radius 1 is 1.11 bits per heavy atom. The number of carbonyl (C=O) groups excluding carboxylic acids is 1. The molecule has 1 fully saturated rings. The molecule has 1 aliphatic heterocycles. The van der Waals surface area contributed by atoms with Crippen LogP contribution in [-0.4, -0.2) is 48.4 Å². The molecule has 1 heterocycles. The Labute approximate surface area is 237 Å². The van der Waals surface area contributed by atoms with Crippen molar-refractivity contribution in [3.8, 4) is 17.2 Å². The van der Waals surface area contributed by atoms with Gasteiger partial charge in [0.1, 0.15) is 12.4 Å². The van der Waals surface area contributed by atoms with E-state index in [0.717, 1.165) is 0 Å². The van der Waals surface area contributed by atoms with Crippen LogP contribution >= 0.6 is 39.5 Å². The van der Waals surface area contributed by atoms with Gasteiger partial charge in [-0.1, -0.05) is 24.3 Å². The first-order valence-corrected chi connectivity index (χ1v) is 14.4. The molecule has 38 heavy (non-hydrogen) atoms. The summed E-state index contributed by atoms with van der Waals surface area (Å²) in [6, 6.07) is 17.8. The number of hydrogen-bond acceptors (Lipinski definition) is 8. The maximum Gasteiger partial charge on any atom is 0.335 e. The van der Waals surface area contributed by atoms with Crippen LogP contribution in [0.4, 0.5) is 0 Å². The second-order valence-corrected chi connectivity index (χ2v) is 11.6. The first-order valence-electron chi connectivity index (χ1n) is 11.5. The molecule has 3 aromatic carbocycles. The lowest BCUT2D eigenvalue weighted by molar-refractivity contribution is -0.123. The van der Waals surface area contributed by atoms with E-state index in [1.807, 2.05) is 47.8 Å². The molecule has 1 saturated heterocycles. The van der Waals surface area contributed by atoms with E-state index in [-0.39, 0.29) is 24.7 Å². The first-order chi connectivity index (χ1) is 18.4. The van der Waals surface area contributed by atoms with E-state index in [1.54, 1.807) is 30.3 Å². The van der Waals surface area contributed by atoms with E-state index in [1.165, 1.54) is 36.5 Å². The third kappa shape index (κ3) is 7.68. The monoisotopic (exact) mass is 616 g/mol. The van der Waals surface area contributed by atoms with Crippen molar-refractivity contribution in [2.24, 2.45) is 5.10 Å². The Morgan fingerprint density at radius 3 is 2.58 bits per heavy atom. The summed E-state index contributed by atoms with van der Waals surface area (Å²) in [5, 5.41) is 13.2. The number of nitrogens with one attached hydrogen (secondary N) is 1. The summed E-state index contributed by atoms with van der Waals surface area (Å²) in [5.41, 5.74) is 5.26. The average molecular weight is 618 g/mol. The molecule has 0 aromatic heterocycles. The van der Waals surface area contributed by atoms with Crippen LogP contribution in [0.3, 0.4) is 0 Å². The van der Waals surface area contributed by atoms with Crippen molar-refractivity contribution in [1.29, 1.82) is 0 Å². The van der Waals surface area contributed by atoms with Crippen LogP contribution in [0.1, 0.15) is 31.6 Å². The summed E-state index contributed by atoms with van der Waals surface area (Å²) < 4.78 is 18.0. The van der Waals surface area contributed by atoms with Crippen molar-refractivity contribution in [1.82, 2.24) is 5.43 Å². The van der Waals surface area contributed by atoms with Crippen LogP contribution in [0, 0.1) is 0 Å². The van der Waals surface area contributed by atoms with Gasteiger partial charge in [0, 0.05) is 11.5 Å². The topological polar surface area (TPSA) is 106 Å². The summed E-state index contributed by atoms with van der Waals surface area (Å²) >= 11 is 7.36. The molecule has 3 aromatic rings. The minimum absolute atomic E-state index is 0.154. The Balaban J connectivity index is 1.29. The van der Waals surface area contributed by atoms with Crippen molar-refractivity contribution in [3.05, 3.63) is 87.4 Å². The summed E-state index contributed by atoms with van der Waals surface area (Å²) in [6.45, 7) is -0.00665. The van der Waals surface area contributed by atoms with Gasteiger partial charge in [0.25, 0.3) is 5.91 Å². The molecule has 0 saturated carbocycles. The van der Waals surface area contributed by atoms with Crippen LogP contribution in [0.15, 0.2) is 70.2 Å². The fourth-order valence-corrected chi connectivity index (χ4v) is 6.97. The molecule has 0 atom stereocenters. The van der Waals surface area contributed by atoms with Crippen molar-refractivity contribution in [3.63, 3.8) is 0 Å². The predicted octanol–water partition coefficient (Wildman–Crippen LogP) is 5.74. The second kappa shape index (κ2) is 13.6. The standard InChI is InChI=1S/C27H25BrN2O6S2/c1-34-23-13-18(12-22(28)25(23)36-15-17-3-2-4-20(11-17)26(32)33)14-29-30-24(31)16-35-21-7-5-19(6-8-21)27-37-9-10-38-27/h2-8,11-14,27H,9-10,15-16H2,1H3,(H,30,31)(H,32,33)/b29-14-. The van der Waals surface area contributed by atoms with E-state index in [2.05, 4.69) is 26.5 Å². The van der Waals surface area contributed by atoms with Gasteiger partial charge in [-0.15, -0.1) is 23.5 Å². The van der Waals surface area contributed by atoms with Gasteiger partial charge in [0.15, 0.2) is 18.1 Å². The van der Waals surface area contributed by atoms with E-state index in [4.69, 9.17) is 19.3 Å². The fourth-order valence-electron chi connectivity index (χ4n) is 3.54. The van der Waals surface area contributed by atoms with Crippen LogP contribution in [0.5, 0.6) is 17.2 Å². The number of halogens is 1.